The molecule has 1 aliphatic heterocycles. The number of hydrogen-bond acceptors (Lipinski definition) is 5. The number of fused-ring (bicyclic) bond motifs is 1. The van der Waals surface area contributed by atoms with Gasteiger partial charge in [-0.05, 0) is 49.1 Å². The summed E-state index contributed by atoms with van der Waals surface area (Å²) in [4.78, 5) is 25.1. The van der Waals surface area contributed by atoms with E-state index in [1.54, 1.807) is 6.07 Å². The van der Waals surface area contributed by atoms with Crippen molar-refractivity contribution in [3.05, 3.63) is 28.7 Å². The summed E-state index contributed by atoms with van der Waals surface area (Å²) in [5.74, 6) is 0.102. The van der Waals surface area contributed by atoms with Gasteiger partial charge in [0.1, 0.15) is 6.54 Å². The van der Waals surface area contributed by atoms with Crippen molar-refractivity contribution in [1.29, 1.82) is 0 Å². The van der Waals surface area contributed by atoms with E-state index >= 15 is 0 Å². The second kappa shape index (κ2) is 9.02. The zero-order valence-electron chi connectivity index (χ0n) is 19.0. The number of piperidine rings is 1. The fourth-order valence-corrected chi connectivity index (χ4v) is 6.93. The molecular formula is C23H33N3O5S. The predicted octanol–water partition coefficient (Wildman–Crippen LogP) is 2.96. The molecular weight excluding hydrogens is 430 g/mol. The summed E-state index contributed by atoms with van der Waals surface area (Å²) in [5, 5.41) is 3.04. The van der Waals surface area contributed by atoms with E-state index in [9.17, 15) is 18.0 Å². The average Bonchev–Trinajstić information content (AvgIpc) is 3.03. The molecule has 1 aliphatic carbocycles. The lowest BCUT2D eigenvalue weighted by atomic mass is 9.86. The lowest BCUT2D eigenvalue weighted by Gasteiger charge is -2.34. The first-order chi connectivity index (χ1) is 15.1. The van der Waals surface area contributed by atoms with Gasteiger partial charge in [-0.3, -0.25) is 9.36 Å². The van der Waals surface area contributed by atoms with Gasteiger partial charge in [-0.1, -0.05) is 33.6 Å². The van der Waals surface area contributed by atoms with Gasteiger partial charge in [0.2, 0.25) is 15.9 Å². The van der Waals surface area contributed by atoms with Gasteiger partial charge in [0.05, 0.1) is 10.4 Å². The molecule has 4 atom stereocenters. The fourth-order valence-electron chi connectivity index (χ4n) is 5.23. The van der Waals surface area contributed by atoms with Crippen molar-refractivity contribution in [2.75, 3.05) is 13.1 Å². The van der Waals surface area contributed by atoms with E-state index in [4.69, 9.17) is 4.42 Å². The third kappa shape index (κ3) is 4.64. The molecule has 4 unspecified atom stereocenters. The maximum Gasteiger partial charge on any atom is 0.420 e. The molecule has 2 fully saturated rings. The number of hydrogen-bond donors (Lipinski definition) is 1. The van der Waals surface area contributed by atoms with Crippen LogP contribution in [0, 0.1) is 17.8 Å². The van der Waals surface area contributed by atoms with Crippen molar-refractivity contribution in [2.45, 2.75) is 70.4 Å². The van der Waals surface area contributed by atoms with E-state index in [-0.39, 0.29) is 29.0 Å². The maximum atomic E-state index is 13.2. The van der Waals surface area contributed by atoms with Crippen molar-refractivity contribution in [3.63, 3.8) is 0 Å². The second-order valence-electron chi connectivity index (χ2n) is 9.79. The highest BCUT2D eigenvalue weighted by Gasteiger charge is 2.32. The molecule has 4 rings (SSSR count). The van der Waals surface area contributed by atoms with E-state index in [0.717, 1.165) is 25.7 Å². The van der Waals surface area contributed by atoms with Gasteiger partial charge in [0, 0.05) is 25.2 Å². The van der Waals surface area contributed by atoms with Crippen molar-refractivity contribution >= 4 is 27.0 Å². The van der Waals surface area contributed by atoms with Gasteiger partial charge >= 0.3 is 5.76 Å². The van der Waals surface area contributed by atoms with Gasteiger partial charge in [-0.2, -0.15) is 4.31 Å². The first-order valence-electron chi connectivity index (χ1n) is 11.6. The zero-order valence-corrected chi connectivity index (χ0v) is 19.9. The Morgan fingerprint density at radius 1 is 1.12 bits per heavy atom. The van der Waals surface area contributed by atoms with Crippen LogP contribution < -0.4 is 11.1 Å². The molecule has 1 amide bonds. The molecule has 1 aromatic carbocycles. The molecule has 9 heteroatoms. The Kier molecular flexibility index (Phi) is 6.49. The zero-order chi connectivity index (χ0) is 23.0. The van der Waals surface area contributed by atoms with Crippen LogP contribution in [0.3, 0.4) is 0 Å². The summed E-state index contributed by atoms with van der Waals surface area (Å²) in [6.07, 6.45) is 5.31. The molecule has 2 heterocycles. The number of oxazole rings is 1. The van der Waals surface area contributed by atoms with Crippen molar-refractivity contribution in [3.8, 4) is 0 Å². The summed E-state index contributed by atoms with van der Waals surface area (Å²) in [6, 6.07) is 4.57. The minimum atomic E-state index is -3.69. The fraction of sp³-hybridized carbons (Fsp3) is 0.652. The van der Waals surface area contributed by atoms with Crippen LogP contribution in [0.25, 0.3) is 11.1 Å². The number of nitrogens with zero attached hydrogens (tertiary/aromatic N) is 2. The van der Waals surface area contributed by atoms with Crippen molar-refractivity contribution in [1.82, 2.24) is 14.2 Å². The van der Waals surface area contributed by atoms with Crippen LogP contribution in [0.15, 0.2) is 32.3 Å². The Labute approximate surface area is 189 Å². The molecule has 0 spiro atoms. The summed E-state index contributed by atoms with van der Waals surface area (Å²) in [7, 11) is -3.69. The highest BCUT2D eigenvalue weighted by Crippen LogP contribution is 2.28. The lowest BCUT2D eigenvalue weighted by molar-refractivity contribution is -0.123. The van der Waals surface area contributed by atoms with Gasteiger partial charge in [0.15, 0.2) is 5.58 Å². The minimum Gasteiger partial charge on any atom is -0.408 e. The first kappa shape index (κ1) is 23.0. The number of benzene rings is 1. The highest BCUT2D eigenvalue weighted by molar-refractivity contribution is 7.89. The molecule has 2 aromatic rings. The van der Waals surface area contributed by atoms with Crippen molar-refractivity contribution in [2.24, 2.45) is 17.8 Å². The molecule has 1 saturated carbocycles. The van der Waals surface area contributed by atoms with Crippen LogP contribution >= 0.6 is 0 Å². The first-order valence-corrected chi connectivity index (χ1v) is 13.0. The molecule has 8 nitrogen and oxygen atoms in total. The Morgan fingerprint density at radius 3 is 2.50 bits per heavy atom. The maximum absolute atomic E-state index is 13.2. The molecule has 0 radical (unpaired) electrons. The Morgan fingerprint density at radius 2 is 1.81 bits per heavy atom. The molecule has 176 valence electrons. The van der Waals surface area contributed by atoms with Crippen LogP contribution in [0.4, 0.5) is 0 Å². The number of carbonyl (C=O) groups is 1. The number of rotatable bonds is 5. The van der Waals surface area contributed by atoms with Gasteiger partial charge in [0.25, 0.3) is 0 Å². The molecule has 0 bridgehead atoms. The number of carbonyl (C=O) groups excluding carboxylic acids is 1. The van der Waals surface area contributed by atoms with Crippen LogP contribution in [-0.2, 0) is 21.4 Å². The monoisotopic (exact) mass is 463 g/mol. The minimum absolute atomic E-state index is 0.104. The number of amides is 1. The van der Waals surface area contributed by atoms with E-state index < -0.39 is 15.8 Å². The molecule has 1 N–H and O–H groups in total. The summed E-state index contributed by atoms with van der Waals surface area (Å²) in [6.45, 7) is 7.06. The average molecular weight is 464 g/mol. The number of nitrogens with one attached hydrogen (secondary N) is 1. The highest BCUT2D eigenvalue weighted by atomic mass is 32.2. The van der Waals surface area contributed by atoms with E-state index in [0.29, 0.717) is 36.4 Å². The Bertz CT molecular complexity index is 1140. The lowest BCUT2D eigenvalue weighted by Crippen LogP contribution is -2.43. The number of aromatic nitrogens is 1. The topological polar surface area (TPSA) is 102 Å². The molecule has 32 heavy (non-hydrogen) atoms. The Balaban J connectivity index is 1.55. The van der Waals surface area contributed by atoms with Crippen LogP contribution in [0.1, 0.15) is 52.9 Å². The van der Waals surface area contributed by atoms with Gasteiger partial charge < -0.3 is 9.73 Å². The molecule has 2 aliphatic rings. The van der Waals surface area contributed by atoms with E-state index in [1.807, 2.05) is 0 Å². The van der Waals surface area contributed by atoms with Crippen molar-refractivity contribution < 1.29 is 17.6 Å². The second-order valence-corrected chi connectivity index (χ2v) is 11.7. The van der Waals surface area contributed by atoms with Crippen LogP contribution in [0.5, 0.6) is 0 Å². The summed E-state index contributed by atoms with van der Waals surface area (Å²) in [5.41, 5.74) is 0.592. The normalized spacial score (nSPS) is 27.5. The third-order valence-electron chi connectivity index (χ3n) is 6.87. The van der Waals surface area contributed by atoms with Gasteiger partial charge in [-0.15, -0.1) is 0 Å². The SMILES string of the molecule is CC1CC(C)CN(S(=O)(=O)c2ccc3c(c2)oc(=O)n3CC(=O)NC2CCCCC2C)C1. The van der Waals surface area contributed by atoms with Crippen LogP contribution in [0.2, 0.25) is 0 Å². The predicted molar refractivity (Wildman–Crippen MR) is 122 cm³/mol. The number of sulfonamides is 1. The largest absolute Gasteiger partial charge is 0.420 e. The third-order valence-corrected chi connectivity index (χ3v) is 8.70. The van der Waals surface area contributed by atoms with E-state index in [1.165, 1.54) is 27.4 Å². The van der Waals surface area contributed by atoms with Gasteiger partial charge in [-0.25, -0.2) is 13.2 Å². The molecule has 1 saturated heterocycles. The molecule has 1 aromatic heterocycles. The summed E-state index contributed by atoms with van der Waals surface area (Å²) < 4.78 is 34.5. The quantitative estimate of drug-likeness (QED) is 0.735. The standard InChI is InChI=1S/C23H33N3O5S/c1-15-10-16(2)13-25(12-15)32(29,30)18-8-9-20-21(11-18)31-23(28)26(20)14-22(27)24-19-7-5-4-6-17(19)3/h8-9,11,15-17,19H,4-7,10,12-14H2,1-3H3,(H,24,27). The summed E-state index contributed by atoms with van der Waals surface area (Å²) >= 11 is 0. The van der Waals surface area contributed by atoms with Crippen LogP contribution in [-0.4, -0.2) is 42.3 Å². The smallest absolute Gasteiger partial charge is 0.408 e. The van der Waals surface area contributed by atoms with E-state index in [2.05, 4.69) is 26.1 Å². The Hall–Kier alpha value is -2.13.